The molecule has 0 unspecified atom stereocenters. The fourth-order valence-corrected chi connectivity index (χ4v) is 2.01. The number of nitrogens with zero attached hydrogens (tertiary/aromatic N) is 1. The number of hydrogen-bond donors (Lipinski definition) is 0. The number of benzene rings is 1. The first-order valence-corrected chi connectivity index (χ1v) is 6.76. The number of aryl methyl sites for hydroxylation is 1. The van der Waals surface area contributed by atoms with Crippen molar-refractivity contribution in [1.29, 1.82) is 0 Å². The highest BCUT2D eigenvalue weighted by Crippen LogP contribution is 2.18. The Kier molecular flexibility index (Phi) is 6.18. The lowest BCUT2D eigenvalue weighted by molar-refractivity contribution is -0.162. The van der Waals surface area contributed by atoms with Crippen LogP contribution in [0.3, 0.4) is 0 Å². The summed E-state index contributed by atoms with van der Waals surface area (Å²) in [6.07, 6.45) is -4.25. The molecule has 0 aliphatic carbocycles. The Bertz CT molecular complexity index is 471. The minimum atomic E-state index is -4.41. The van der Waals surface area contributed by atoms with Crippen LogP contribution in [0.5, 0.6) is 0 Å². The van der Waals surface area contributed by atoms with Crippen LogP contribution in [0.1, 0.15) is 25.8 Å². The van der Waals surface area contributed by atoms with Gasteiger partial charge in [0.25, 0.3) is 0 Å². The van der Waals surface area contributed by atoms with Gasteiger partial charge in [-0.05, 0) is 30.0 Å². The second-order valence-electron chi connectivity index (χ2n) is 5.41. The summed E-state index contributed by atoms with van der Waals surface area (Å²) in [5, 5.41) is 0. The molecule has 2 nitrogen and oxygen atoms in total. The number of carbonyl (C=O) groups is 1. The summed E-state index contributed by atoms with van der Waals surface area (Å²) < 4.78 is 50.5. The lowest BCUT2D eigenvalue weighted by atomic mass is 10.1. The van der Waals surface area contributed by atoms with Crippen molar-refractivity contribution in [3.8, 4) is 0 Å². The lowest BCUT2D eigenvalue weighted by Gasteiger charge is -2.25. The maximum atomic E-state index is 13.0. The summed E-state index contributed by atoms with van der Waals surface area (Å²) in [5.41, 5.74) is 0.597. The molecule has 118 valence electrons. The molecule has 0 aromatic heterocycles. The van der Waals surface area contributed by atoms with Crippen molar-refractivity contribution in [2.45, 2.75) is 32.9 Å². The van der Waals surface area contributed by atoms with E-state index < -0.39 is 24.4 Å². The number of alkyl halides is 3. The topological polar surface area (TPSA) is 20.3 Å². The van der Waals surface area contributed by atoms with E-state index in [1.54, 1.807) is 19.9 Å². The molecule has 0 saturated carbocycles. The molecule has 0 N–H and O–H groups in total. The quantitative estimate of drug-likeness (QED) is 0.732. The van der Waals surface area contributed by atoms with Gasteiger partial charge in [-0.1, -0.05) is 26.0 Å². The summed E-state index contributed by atoms with van der Waals surface area (Å²) in [4.78, 5) is 12.8. The van der Waals surface area contributed by atoms with E-state index in [1.165, 1.54) is 18.2 Å². The van der Waals surface area contributed by atoms with Gasteiger partial charge in [-0.2, -0.15) is 13.2 Å². The molecular formula is C15H19F4NO. The molecule has 0 aliphatic rings. The van der Waals surface area contributed by atoms with Gasteiger partial charge in [-0.3, -0.25) is 4.79 Å². The third kappa shape index (κ3) is 7.11. The van der Waals surface area contributed by atoms with E-state index in [9.17, 15) is 22.4 Å². The Morgan fingerprint density at radius 1 is 1.29 bits per heavy atom. The van der Waals surface area contributed by atoms with Gasteiger partial charge < -0.3 is 4.90 Å². The van der Waals surface area contributed by atoms with Crippen LogP contribution in [0.4, 0.5) is 17.6 Å². The van der Waals surface area contributed by atoms with E-state index in [2.05, 4.69) is 0 Å². The predicted molar refractivity (Wildman–Crippen MR) is 72.2 cm³/mol. The summed E-state index contributed by atoms with van der Waals surface area (Å²) in [7, 11) is 0. The predicted octanol–water partition coefficient (Wildman–Crippen LogP) is 3.81. The van der Waals surface area contributed by atoms with Gasteiger partial charge in [-0.15, -0.1) is 0 Å². The van der Waals surface area contributed by atoms with Crippen molar-refractivity contribution in [3.63, 3.8) is 0 Å². The standard InChI is InChI=1S/C15H19F4NO/c1-11(2)9-20(10-15(17,18)19)14(21)7-6-12-4-3-5-13(16)8-12/h3-5,8,11H,6-7,9-10H2,1-2H3. The van der Waals surface area contributed by atoms with Crippen molar-refractivity contribution in [3.05, 3.63) is 35.6 Å². The Balaban J connectivity index is 2.63. The monoisotopic (exact) mass is 305 g/mol. The van der Waals surface area contributed by atoms with Crippen LogP contribution < -0.4 is 0 Å². The number of amides is 1. The van der Waals surface area contributed by atoms with Crippen LogP contribution in [-0.2, 0) is 11.2 Å². The smallest absolute Gasteiger partial charge is 0.333 e. The van der Waals surface area contributed by atoms with Crippen LogP contribution in [0.2, 0.25) is 0 Å². The van der Waals surface area contributed by atoms with Crippen LogP contribution in [-0.4, -0.2) is 30.1 Å². The highest BCUT2D eigenvalue weighted by Gasteiger charge is 2.32. The second kappa shape index (κ2) is 7.43. The number of halogens is 4. The Morgan fingerprint density at radius 2 is 1.95 bits per heavy atom. The van der Waals surface area contributed by atoms with Crippen molar-refractivity contribution >= 4 is 5.91 Å². The summed E-state index contributed by atoms with van der Waals surface area (Å²) in [6, 6.07) is 5.72. The van der Waals surface area contributed by atoms with E-state index in [4.69, 9.17) is 0 Å². The normalized spacial score (nSPS) is 11.8. The molecule has 6 heteroatoms. The summed E-state index contributed by atoms with van der Waals surface area (Å²) >= 11 is 0. The second-order valence-corrected chi connectivity index (χ2v) is 5.41. The zero-order valence-corrected chi connectivity index (χ0v) is 12.1. The van der Waals surface area contributed by atoms with Crippen molar-refractivity contribution in [1.82, 2.24) is 4.90 Å². The summed E-state index contributed by atoms with van der Waals surface area (Å²) in [6.45, 7) is 2.32. The number of carbonyl (C=O) groups excluding carboxylic acids is 1. The molecule has 1 aromatic carbocycles. The van der Waals surface area contributed by atoms with Gasteiger partial charge in [0.1, 0.15) is 12.4 Å². The van der Waals surface area contributed by atoms with Gasteiger partial charge in [0.2, 0.25) is 5.91 Å². The zero-order chi connectivity index (χ0) is 16.0. The minimum Gasteiger partial charge on any atom is -0.333 e. The van der Waals surface area contributed by atoms with Crippen molar-refractivity contribution in [2.75, 3.05) is 13.1 Å². The SMILES string of the molecule is CC(C)CN(CC(F)(F)F)C(=O)CCc1cccc(F)c1. The molecule has 1 rings (SSSR count). The molecule has 0 atom stereocenters. The minimum absolute atomic E-state index is 0.0505. The van der Waals surface area contributed by atoms with E-state index in [1.807, 2.05) is 0 Å². The average Bonchev–Trinajstić information content (AvgIpc) is 2.33. The van der Waals surface area contributed by atoms with E-state index >= 15 is 0 Å². The highest BCUT2D eigenvalue weighted by atomic mass is 19.4. The third-order valence-electron chi connectivity index (χ3n) is 2.82. The van der Waals surface area contributed by atoms with Gasteiger partial charge in [0.15, 0.2) is 0 Å². The Morgan fingerprint density at radius 3 is 2.48 bits per heavy atom. The van der Waals surface area contributed by atoms with Crippen LogP contribution in [0.15, 0.2) is 24.3 Å². The molecule has 1 aromatic rings. The molecule has 0 radical (unpaired) electrons. The number of rotatable bonds is 6. The first-order valence-electron chi connectivity index (χ1n) is 6.76. The fourth-order valence-electron chi connectivity index (χ4n) is 2.01. The maximum absolute atomic E-state index is 13.0. The first-order chi connectivity index (χ1) is 9.67. The van der Waals surface area contributed by atoms with Gasteiger partial charge in [0.05, 0.1) is 0 Å². The van der Waals surface area contributed by atoms with Gasteiger partial charge in [-0.25, -0.2) is 4.39 Å². The molecule has 1 amide bonds. The average molecular weight is 305 g/mol. The maximum Gasteiger partial charge on any atom is 0.406 e. The molecular weight excluding hydrogens is 286 g/mol. The van der Waals surface area contributed by atoms with Crippen LogP contribution in [0.25, 0.3) is 0 Å². The first kappa shape index (κ1) is 17.5. The van der Waals surface area contributed by atoms with Crippen molar-refractivity contribution in [2.24, 2.45) is 5.92 Å². The van der Waals surface area contributed by atoms with E-state index in [-0.39, 0.29) is 25.3 Å². The van der Waals surface area contributed by atoms with Gasteiger partial charge in [0, 0.05) is 13.0 Å². The molecule has 0 fully saturated rings. The zero-order valence-electron chi connectivity index (χ0n) is 12.1. The highest BCUT2D eigenvalue weighted by molar-refractivity contribution is 5.76. The molecule has 0 spiro atoms. The van der Waals surface area contributed by atoms with Crippen molar-refractivity contribution < 1.29 is 22.4 Å². The molecule has 0 aliphatic heterocycles. The molecule has 0 bridgehead atoms. The Hall–Kier alpha value is -1.59. The van der Waals surface area contributed by atoms with E-state index in [0.29, 0.717) is 5.56 Å². The van der Waals surface area contributed by atoms with E-state index in [0.717, 1.165) is 4.90 Å². The Labute approximate surface area is 121 Å². The summed E-state index contributed by atoms with van der Waals surface area (Å²) in [5.74, 6) is -1.04. The lowest BCUT2D eigenvalue weighted by Crippen LogP contribution is -2.41. The van der Waals surface area contributed by atoms with Crippen LogP contribution >= 0.6 is 0 Å². The van der Waals surface area contributed by atoms with Crippen LogP contribution in [0, 0.1) is 11.7 Å². The molecule has 0 saturated heterocycles. The molecule has 0 heterocycles. The molecule has 21 heavy (non-hydrogen) atoms. The largest absolute Gasteiger partial charge is 0.406 e. The fraction of sp³-hybridized carbons (Fsp3) is 0.533. The van der Waals surface area contributed by atoms with Gasteiger partial charge >= 0.3 is 6.18 Å². The number of hydrogen-bond acceptors (Lipinski definition) is 1. The third-order valence-corrected chi connectivity index (χ3v) is 2.82.